The van der Waals surface area contributed by atoms with Gasteiger partial charge in [0.25, 0.3) is 0 Å². The minimum atomic E-state index is -0.330. The van der Waals surface area contributed by atoms with E-state index in [0.717, 1.165) is 22.2 Å². The molecule has 2 aromatic rings. The molecular formula is C18H27N3O2. The third kappa shape index (κ3) is 3.97. The van der Waals surface area contributed by atoms with Gasteiger partial charge >= 0.3 is 0 Å². The smallest absolute Gasteiger partial charge is 0.235 e. The number of carbonyl (C=O) groups excluding carboxylic acids is 2. The van der Waals surface area contributed by atoms with E-state index in [2.05, 4.69) is 16.5 Å². The molecule has 1 aromatic heterocycles. The van der Waals surface area contributed by atoms with E-state index in [1.807, 2.05) is 53.8 Å². The molecule has 1 N–H and O–H groups in total. The lowest BCUT2D eigenvalue weighted by atomic mass is 9.92. The maximum Gasteiger partial charge on any atom is 0.235 e. The number of rotatable bonds is 1. The van der Waals surface area contributed by atoms with E-state index < -0.39 is 0 Å². The molecule has 0 aliphatic carbocycles. The minimum absolute atomic E-state index is 0.197. The van der Waals surface area contributed by atoms with Gasteiger partial charge in [-0.15, -0.1) is 0 Å². The van der Waals surface area contributed by atoms with Crippen LogP contribution in [0.2, 0.25) is 0 Å². The molecule has 1 unspecified atom stereocenters. The van der Waals surface area contributed by atoms with Crippen LogP contribution in [0.4, 0.5) is 0 Å². The molecule has 1 aliphatic rings. The lowest BCUT2D eigenvalue weighted by Crippen LogP contribution is -2.39. The van der Waals surface area contributed by atoms with Crippen molar-refractivity contribution in [3.63, 3.8) is 0 Å². The Morgan fingerprint density at radius 3 is 2.43 bits per heavy atom. The number of hydrogen-bond donors (Lipinski definition) is 1. The normalized spacial score (nSPS) is 16.9. The van der Waals surface area contributed by atoms with E-state index in [-0.39, 0.29) is 17.7 Å². The van der Waals surface area contributed by atoms with Crippen molar-refractivity contribution in [3.05, 3.63) is 29.5 Å². The highest BCUT2D eigenvalue weighted by Crippen LogP contribution is 2.30. The van der Waals surface area contributed by atoms with E-state index in [9.17, 15) is 9.59 Å². The van der Waals surface area contributed by atoms with Crippen LogP contribution in [0.5, 0.6) is 0 Å². The van der Waals surface area contributed by atoms with Crippen LogP contribution in [0.25, 0.3) is 10.9 Å². The summed E-state index contributed by atoms with van der Waals surface area (Å²) in [6, 6.07) is 6.06. The Morgan fingerprint density at radius 2 is 1.83 bits per heavy atom. The number of benzene rings is 1. The van der Waals surface area contributed by atoms with Crippen LogP contribution < -0.4 is 5.32 Å². The maximum absolute atomic E-state index is 11.9. The van der Waals surface area contributed by atoms with Crippen molar-refractivity contribution in [3.8, 4) is 0 Å². The van der Waals surface area contributed by atoms with Crippen LogP contribution in [0.1, 0.15) is 57.7 Å². The zero-order valence-electron chi connectivity index (χ0n) is 14.9. The fourth-order valence-corrected chi connectivity index (χ4v) is 2.61. The highest BCUT2D eigenvalue weighted by Gasteiger charge is 2.31. The van der Waals surface area contributed by atoms with Crippen LogP contribution in [0.15, 0.2) is 18.2 Å². The summed E-state index contributed by atoms with van der Waals surface area (Å²) in [7, 11) is 1.87. The minimum Gasteiger partial charge on any atom is -0.296 e. The summed E-state index contributed by atoms with van der Waals surface area (Å²) in [5.41, 5.74) is 2.94. The number of aryl methyl sites for hydroxylation is 2. The molecule has 1 fully saturated rings. The number of fused-ring (bicyclic) bond motifs is 1. The first-order valence-electron chi connectivity index (χ1n) is 8.33. The lowest BCUT2D eigenvalue weighted by Gasteiger charge is -2.19. The fraction of sp³-hybridized carbons (Fsp3) is 0.500. The summed E-state index contributed by atoms with van der Waals surface area (Å²) in [5.74, 6) is -0.765. The predicted octanol–water partition coefficient (Wildman–Crippen LogP) is 3.45. The molecule has 3 rings (SSSR count). The molecule has 5 nitrogen and oxygen atoms in total. The standard InChI is InChI=1S/C14H15N3O2.2C2H6/c1-8-3-4-9-11(7-8)17(2)16-13(9)10-5-6-12(18)15-14(10)19;2*1-2/h3-4,7,10H,5-6H2,1-2H3,(H,15,18,19);2*1-2H3. The summed E-state index contributed by atoms with van der Waals surface area (Å²) in [6.07, 6.45) is 0.908. The van der Waals surface area contributed by atoms with Gasteiger partial charge < -0.3 is 0 Å². The third-order valence-corrected chi connectivity index (χ3v) is 3.60. The number of nitrogens with one attached hydrogen (secondary N) is 1. The average Bonchev–Trinajstić information content (AvgIpc) is 2.88. The molecule has 23 heavy (non-hydrogen) atoms. The molecule has 0 saturated carbocycles. The van der Waals surface area contributed by atoms with E-state index in [0.29, 0.717) is 12.8 Å². The van der Waals surface area contributed by atoms with Crippen LogP contribution in [-0.2, 0) is 16.6 Å². The van der Waals surface area contributed by atoms with Gasteiger partial charge in [0.15, 0.2) is 0 Å². The number of amides is 2. The van der Waals surface area contributed by atoms with Gasteiger partial charge in [0, 0.05) is 18.9 Å². The molecule has 1 atom stereocenters. The SMILES string of the molecule is CC.CC.Cc1ccc2c(C3CCC(=O)NC3=O)nn(C)c2c1. The van der Waals surface area contributed by atoms with E-state index in [1.165, 1.54) is 0 Å². The average molecular weight is 317 g/mol. The second-order valence-corrected chi connectivity index (χ2v) is 5.03. The second kappa shape index (κ2) is 8.46. The van der Waals surface area contributed by atoms with E-state index in [4.69, 9.17) is 0 Å². The molecule has 2 amide bonds. The monoisotopic (exact) mass is 317 g/mol. The van der Waals surface area contributed by atoms with Crippen LogP contribution in [0.3, 0.4) is 0 Å². The van der Waals surface area contributed by atoms with E-state index >= 15 is 0 Å². The molecule has 2 heterocycles. The Bertz CT molecular complexity index is 689. The second-order valence-electron chi connectivity index (χ2n) is 5.03. The number of carbonyl (C=O) groups is 2. The highest BCUT2D eigenvalue weighted by molar-refractivity contribution is 6.02. The quantitative estimate of drug-likeness (QED) is 0.819. The van der Waals surface area contributed by atoms with Crippen molar-refractivity contribution < 1.29 is 9.59 Å². The number of imide groups is 1. The molecule has 0 radical (unpaired) electrons. The maximum atomic E-state index is 11.9. The predicted molar refractivity (Wildman–Crippen MR) is 93.3 cm³/mol. The topological polar surface area (TPSA) is 64.0 Å². The van der Waals surface area contributed by atoms with Crippen LogP contribution in [-0.4, -0.2) is 21.6 Å². The van der Waals surface area contributed by atoms with Gasteiger partial charge in [0.05, 0.1) is 17.1 Å². The van der Waals surface area contributed by atoms with Crippen molar-refractivity contribution in [2.75, 3.05) is 0 Å². The molecule has 5 heteroatoms. The Morgan fingerprint density at radius 1 is 1.17 bits per heavy atom. The molecular weight excluding hydrogens is 290 g/mol. The van der Waals surface area contributed by atoms with Gasteiger partial charge in [0.1, 0.15) is 0 Å². The Kier molecular flexibility index (Phi) is 6.94. The number of nitrogens with zero attached hydrogens (tertiary/aromatic N) is 2. The van der Waals surface area contributed by atoms with Crippen molar-refractivity contribution in [2.45, 2.75) is 53.4 Å². The molecule has 1 aromatic carbocycles. The van der Waals surface area contributed by atoms with Crippen molar-refractivity contribution >= 4 is 22.7 Å². The summed E-state index contributed by atoms with van der Waals surface area (Å²) >= 11 is 0. The molecule has 1 aliphatic heterocycles. The summed E-state index contributed by atoms with van der Waals surface area (Å²) in [6.45, 7) is 10.0. The molecule has 0 bridgehead atoms. The highest BCUT2D eigenvalue weighted by atomic mass is 16.2. The summed E-state index contributed by atoms with van der Waals surface area (Å²) in [5, 5.41) is 7.85. The summed E-state index contributed by atoms with van der Waals surface area (Å²) in [4.78, 5) is 23.2. The van der Waals surface area contributed by atoms with Gasteiger partial charge in [-0.25, -0.2) is 0 Å². The Balaban J connectivity index is 0.000000615. The van der Waals surface area contributed by atoms with Gasteiger partial charge in [-0.05, 0) is 25.0 Å². The molecule has 0 spiro atoms. The molecule has 126 valence electrons. The van der Waals surface area contributed by atoms with Crippen LogP contribution >= 0.6 is 0 Å². The summed E-state index contributed by atoms with van der Waals surface area (Å²) < 4.78 is 1.79. The first kappa shape index (κ1) is 18.9. The van der Waals surface area contributed by atoms with Crippen molar-refractivity contribution in [1.29, 1.82) is 0 Å². The lowest BCUT2D eigenvalue weighted by molar-refractivity contribution is -0.134. The fourth-order valence-electron chi connectivity index (χ4n) is 2.61. The Labute approximate surface area is 138 Å². The van der Waals surface area contributed by atoms with E-state index in [1.54, 1.807) is 4.68 Å². The first-order valence-corrected chi connectivity index (χ1v) is 8.33. The Hall–Kier alpha value is -2.17. The van der Waals surface area contributed by atoms with Crippen molar-refractivity contribution in [1.82, 2.24) is 15.1 Å². The van der Waals surface area contributed by atoms with Crippen molar-refractivity contribution in [2.24, 2.45) is 7.05 Å². The first-order chi connectivity index (χ1) is 11.1. The number of aromatic nitrogens is 2. The zero-order valence-corrected chi connectivity index (χ0v) is 14.9. The largest absolute Gasteiger partial charge is 0.296 e. The van der Waals surface area contributed by atoms with Gasteiger partial charge in [-0.3, -0.25) is 19.6 Å². The van der Waals surface area contributed by atoms with Gasteiger partial charge in [0.2, 0.25) is 11.8 Å². The molecule has 1 saturated heterocycles. The van der Waals surface area contributed by atoms with Crippen LogP contribution in [0, 0.1) is 6.92 Å². The third-order valence-electron chi connectivity index (χ3n) is 3.60. The number of piperidine rings is 1. The van der Waals surface area contributed by atoms with Gasteiger partial charge in [-0.2, -0.15) is 5.10 Å². The number of hydrogen-bond acceptors (Lipinski definition) is 3. The van der Waals surface area contributed by atoms with Gasteiger partial charge in [-0.1, -0.05) is 39.8 Å². The zero-order chi connectivity index (χ0) is 17.6.